The molecule has 0 saturated heterocycles. The van der Waals surface area contributed by atoms with Crippen LogP contribution in [0, 0.1) is 6.92 Å². The number of ether oxygens (including phenoxy) is 1. The SMILES string of the molecule is CNC(=O)[C@@H](C)N(Cc1cccc(Br)c1)C(=O)CN(c1ccc(C)cc1)S(=O)(=O)c1ccc(OC)cc1. The number of halogens is 1. The third-order valence-electron chi connectivity index (χ3n) is 5.90. The van der Waals surface area contributed by atoms with Gasteiger partial charge in [-0.05, 0) is 67.9 Å². The number of carbonyl (C=O) groups is 2. The Kier molecular flexibility index (Phi) is 9.34. The van der Waals surface area contributed by atoms with Gasteiger partial charge in [-0.1, -0.05) is 45.8 Å². The molecule has 0 spiro atoms. The quantitative estimate of drug-likeness (QED) is 0.385. The number of anilines is 1. The molecular weight excluding hydrogens is 558 g/mol. The molecule has 0 radical (unpaired) electrons. The van der Waals surface area contributed by atoms with Gasteiger partial charge in [0.1, 0.15) is 18.3 Å². The van der Waals surface area contributed by atoms with E-state index in [0.29, 0.717) is 11.4 Å². The third-order valence-corrected chi connectivity index (χ3v) is 8.19. The Morgan fingerprint density at radius 1 is 1.03 bits per heavy atom. The lowest BCUT2D eigenvalue weighted by Gasteiger charge is -2.31. The topological polar surface area (TPSA) is 96.0 Å². The van der Waals surface area contributed by atoms with Crippen molar-refractivity contribution >= 4 is 43.5 Å². The van der Waals surface area contributed by atoms with Crippen LogP contribution in [0.5, 0.6) is 5.75 Å². The van der Waals surface area contributed by atoms with E-state index in [-0.39, 0.29) is 17.3 Å². The summed E-state index contributed by atoms with van der Waals surface area (Å²) in [6, 6.07) is 19.4. The van der Waals surface area contributed by atoms with Crippen molar-refractivity contribution in [2.24, 2.45) is 0 Å². The molecule has 37 heavy (non-hydrogen) atoms. The van der Waals surface area contributed by atoms with E-state index in [1.807, 2.05) is 31.2 Å². The van der Waals surface area contributed by atoms with Gasteiger partial charge in [0, 0.05) is 18.1 Å². The summed E-state index contributed by atoms with van der Waals surface area (Å²) < 4.78 is 34.6. The number of aryl methyl sites for hydroxylation is 1. The minimum Gasteiger partial charge on any atom is -0.497 e. The molecular formula is C27H30BrN3O5S. The fourth-order valence-electron chi connectivity index (χ4n) is 3.74. The highest BCUT2D eigenvalue weighted by Crippen LogP contribution is 2.26. The van der Waals surface area contributed by atoms with Gasteiger partial charge in [-0.25, -0.2) is 8.42 Å². The van der Waals surface area contributed by atoms with Crippen LogP contribution in [-0.2, 0) is 26.2 Å². The second kappa shape index (κ2) is 12.2. The number of methoxy groups -OCH3 is 1. The van der Waals surface area contributed by atoms with Crippen LogP contribution in [-0.4, -0.2) is 51.9 Å². The Balaban J connectivity index is 2.02. The van der Waals surface area contributed by atoms with Crippen molar-refractivity contribution in [2.75, 3.05) is 25.0 Å². The molecule has 3 aromatic rings. The first-order valence-electron chi connectivity index (χ1n) is 11.6. The molecule has 8 nitrogen and oxygen atoms in total. The number of nitrogens with one attached hydrogen (secondary N) is 1. The predicted octanol–water partition coefficient (Wildman–Crippen LogP) is 4.12. The first-order chi connectivity index (χ1) is 17.6. The van der Waals surface area contributed by atoms with E-state index in [4.69, 9.17) is 4.74 Å². The van der Waals surface area contributed by atoms with Gasteiger partial charge in [0.15, 0.2) is 0 Å². The fourth-order valence-corrected chi connectivity index (χ4v) is 5.60. The second-order valence-electron chi connectivity index (χ2n) is 8.46. The lowest BCUT2D eigenvalue weighted by molar-refractivity contribution is -0.139. The normalized spacial score (nSPS) is 11.9. The zero-order valence-corrected chi connectivity index (χ0v) is 23.5. The maximum Gasteiger partial charge on any atom is 0.264 e. The van der Waals surface area contributed by atoms with Crippen LogP contribution in [0.1, 0.15) is 18.1 Å². The largest absolute Gasteiger partial charge is 0.497 e. The molecule has 0 aliphatic heterocycles. The van der Waals surface area contributed by atoms with E-state index in [2.05, 4.69) is 21.2 Å². The molecule has 0 aliphatic carbocycles. The first kappa shape index (κ1) is 28.2. The zero-order valence-electron chi connectivity index (χ0n) is 21.1. The summed E-state index contributed by atoms with van der Waals surface area (Å²) in [4.78, 5) is 27.7. The molecule has 196 valence electrons. The van der Waals surface area contributed by atoms with Gasteiger partial charge in [0.2, 0.25) is 11.8 Å². The molecule has 0 bridgehead atoms. The predicted molar refractivity (Wildman–Crippen MR) is 147 cm³/mol. The van der Waals surface area contributed by atoms with Crippen LogP contribution >= 0.6 is 15.9 Å². The molecule has 0 unspecified atom stereocenters. The summed E-state index contributed by atoms with van der Waals surface area (Å²) in [6.45, 7) is 3.13. The van der Waals surface area contributed by atoms with Gasteiger partial charge >= 0.3 is 0 Å². The Hall–Kier alpha value is -3.37. The minimum atomic E-state index is -4.13. The van der Waals surface area contributed by atoms with Crippen LogP contribution in [0.3, 0.4) is 0 Å². The van der Waals surface area contributed by atoms with E-state index in [0.717, 1.165) is 19.9 Å². The monoisotopic (exact) mass is 587 g/mol. The van der Waals surface area contributed by atoms with Crippen molar-refractivity contribution in [3.05, 3.63) is 88.4 Å². The average Bonchev–Trinajstić information content (AvgIpc) is 2.90. The smallest absolute Gasteiger partial charge is 0.264 e. The van der Waals surface area contributed by atoms with Gasteiger partial charge in [0.05, 0.1) is 17.7 Å². The van der Waals surface area contributed by atoms with Gasteiger partial charge in [-0.2, -0.15) is 0 Å². The first-order valence-corrected chi connectivity index (χ1v) is 13.8. The molecule has 10 heteroatoms. The molecule has 0 aliphatic rings. The van der Waals surface area contributed by atoms with Crippen molar-refractivity contribution < 1.29 is 22.7 Å². The van der Waals surface area contributed by atoms with Crippen LogP contribution in [0.4, 0.5) is 5.69 Å². The summed E-state index contributed by atoms with van der Waals surface area (Å²) in [7, 11) is -1.14. The Morgan fingerprint density at radius 3 is 2.24 bits per heavy atom. The highest BCUT2D eigenvalue weighted by atomic mass is 79.9. The zero-order chi connectivity index (χ0) is 27.2. The summed E-state index contributed by atoms with van der Waals surface area (Å²) >= 11 is 3.43. The number of amides is 2. The second-order valence-corrected chi connectivity index (χ2v) is 11.2. The Bertz CT molecular complexity index is 1350. The number of carbonyl (C=O) groups excluding carboxylic acids is 2. The average molecular weight is 589 g/mol. The maximum absolute atomic E-state index is 13.8. The molecule has 0 heterocycles. The Labute approximate surface area is 226 Å². The molecule has 1 atom stereocenters. The number of hydrogen-bond donors (Lipinski definition) is 1. The fraction of sp³-hybridized carbons (Fsp3) is 0.259. The van der Waals surface area contributed by atoms with Gasteiger partial charge in [-0.3, -0.25) is 13.9 Å². The summed E-state index contributed by atoms with van der Waals surface area (Å²) in [5, 5.41) is 2.57. The van der Waals surface area contributed by atoms with Gasteiger partial charge in [-0.15, -0.1) is 0 Å². The highest BCUT2D eigenvalue weighted by molar-refractivity contribution is 9.10. The van der Waals surface area contributed by atoms with E-state index < -0.39 is 28.5 Å². The van der Waals surface area contributed by atoms with Crippen LogP contribution in [0.2, 0.25) is 0 Å². The summed E-state index contributed by atoms with van der Waals surface area (Å²) in [6.07, 6.45) is 0. The van der Waals surface area contributed by atoms with E-state index in [9.17, 15) is 18.0 Å². The minimum absolute atomic E-state index is 0.0135. The maximum atomic E-state index is 13.8. The summed E-state index contributed by atoms with van der Waals surface area (Å²) in [5.41, 5.74) is 2.07. The molecule has 0 aromatic heterocycles. The molecule has 2 amide bonds. The van der Waals surface area contributed by atoms with Crippen molar-refractivity contribution in [1.82, 2.24) is 10.2 Å². The van der Waals surface area contributed by atoms with Gasteiger partial charge in [0.25, 0.3) is 10.0 Å². The number of sulfonamides is 1. The van der Waals surface area contributed by atoms with Crippen molar-refractivity contribution in [1.29, 1.82) is 0 Å². The number of benzene rings is 3. The lowest BCUT2D eigenvalue weighted by atomic mass is 10.1. The number of likely N-dealkylation sites (N-methyl/N-ethyl adjacent to an activating group) is 1. The molecule has 3 aromatic carbocycles. The third kappa shape index (κ3) is 6.90. The van der Waals surface area contributed by atoms with Crippen LogP contribution in [0.15, 0.2) is 82.2 Å². The highest BCUT2D eigenvalue weighted by Gasteiger charge is 2.32. The lowest BCUT2D eigenvalue weighted by Crippen LogP contribution is -2.50. The molecule has 0 saturated carbocycles. The molecule has 0 fully saturated rings. The number of hydrogen-bond acceptors (Lipinski definition) is 5. The molecule has 1 N–H and O–H groups in total. The van der Waals surface area contributed by atoms with E-state index in [1.54, 1.807) is 43.3 Å². The Morgan fingerprint density at radius 2 is 1.68 bits per heavy atom. The van der Waals surface area contributed by atoms with Crippen molar-refractivity contribution in [2.45, 2.75) is 31.3 Å². The van der Waals surface area contributed by atoms with Crippen molar-refractivity contribution in [3.63, 3.8) is 0 Å². The van der Waals surface area contributed by atoms with Crippen molar-refractivity contribution in [3.8, 4) is 5.75 Å². The van der Waals surface area contributed by atoms with Crippen LogP contribution in [0.25, 0.3) is 0 Å². The van der Waals surface area contributed by atoms with Crippen LogP contribution < -0.4 is 14.4 Å². The number of nitrogens with zero attached hydrogens (tertiary/aromatic N) is 2. The summed E-state index contributed by atoms with van der Waals surface area (Å²) in [5.74, 6) is -0.367. The number of rotatable bonds is 10. The van der Waals surface area contributed by atoms with E-state index >= 15 is 0 Å². The standard InChI is InChI=1S/C27H30BrN3O5S/c1-19-8-10-23(11-9-19)31(37(34,35)25-14-12-24(36-4)13-15-25)18-26(32)30(20(2)27(33)29-3)17-21-6-5-7-22(28)16-21/h5-16,20H,17-18H2,1-4H3,(H,29,33)/t20-/m1/s1. The van der Waals surface area contributed by atoms with E-state index in [1.165, 1.54) is 31.2 Å². The van der Waals surface area contributed by atoms with Gasteiger partial charge < -0.3 is 15.0 Å². The molecule has 3 rings (SSSR count).